The Hall–Kier alpha value is -2.65. The van der Waals surface area contributed by atoms with Gasteiger partial charge in [-0.15, -0.1) is 0 Å². The number of guanidine groups is 1. The van der Waals surface area contributed by atoms with Gasteiger partial charge in [0.1, 0.15) is 6.10 Å². The van der Waals surface area contributed by atoms with Gasteiger partial charge in [-0.3, -0.25) is 0 Å². The molecule has 0 fully saturated rings. The SMILES string of the molecule is CCNC(=NCc1cccc(CS(=O)(=O)NC)c1)NCC(C)Oc1ccccc1F. The van der Waals surface area contributed by atoms with Crippen molar-refractivity contribution in [1.29, 1.82) is 0 Å². The molecule has 0 heterocycles. The molecule has 0 saturated heterocycles. The van der Waals surface area contributed by atoms with E-state index in [4.69, 9.17) is 4.74 Å². The van der Waals surface area contributed by atoms with E-state index in [0.29, 0.717) is 31.2 Å². The zero-order valence-electron chi connectivity index (χ0n) is 17.5. The number of para-hydroxylation sites is 1. The maximum Gasteiger partial charge on any atom is 0.215 e. The summed E-state index contributed by atoms with van der Waals surface area (Å²) >= 11 is 0. The Morgan fingerprint density at radius 2 is 1.87 bits per heavy atom. The van der Waals surface area contributed by atoms with Crippen molar-refractivity contribution in [3.05, 3.63) is 65.5 Å². The van der Waals surface area contributed by atoms with Crippen molar-refractivity contribution >= 4 is 16.0 Å². The molecular formula is C21H29FN4O3S. The van der Waals surface area contributed by atoms with Gasteiger partial charge in [0.05, 0.1) is 18.8 Å². The molecule has 0 aliphatic carbocycles. The predicted molar refractivity (Wildman–Crippen MR) is 117 cm³/mol. The van der Waals surface area contributed by atoms with Crippen molar-refractivity contribution in [2.45, 2.75) is 32.2 Å². The summed E-state index contributed by atoms with van der Waals surface area (Å²) in [5.41, 5.74) is 1.59. The van der Waals surface area contributed by atoms with Gasteiger partial charge >= 0.3 is 0 Å². The minimum absolute atomic E-state index is 0.0791. The lowest BCUT2D eigenvalue weighted by Gasteiger charge is -2.18. The first-order valence-corrected chi connectivity index (χ1v) is 11.4. The molecule has 3 N–H and O–H groups in total. The summed E-state index contributed by atoms with van der Waals surface area (Å²) in [5, 5.41) is 6.33. The van der Waals surface area contributed by atoms with Crippen LogP contribution in [0.25, 0.3) is 0 Å². The fourth-order valence-corrected chi connectivity index (χ4v) is 3.42. The van der Waals surface area contributed by atoms with Crippen LogP contribution in [-0.4, -0.2) is 40.6 Å². The number of hydrogen-bond acceptors (Lipinski definition) is 4. The molecule has 30 heavy (non-hydrogen) atoms. The molecule has 0 spiro atoms. The maximum absolute atomic E-state index is 13.7. The lowest BCUT2D eigenvalue weighted by molar-refractivity contribution is 0.214. The minimum atomic E-state index is -3.33. The lowest BCUT2D eigenvalue weighted by atomic mass is 10.1. The molecule has 1 unspecified atom stereocenters. The molecule has 2 aromatic carbocycles. The van der Waals surface area contributed by atoms with Gasteiger partial charge in [-0.05, 0) is 44.2 Å². The maximum atomic E-state index is 13.7. The number of nitrogens with zero attached hydrogens (tertiary/aromatic N) is 1. The molecule has 0 aromatic heterocycles. The second-order valence-electron chi connectivity index (χ2n) is 6.72. The smallest absolute Gasteiger partial charge is 0.215 e. The third kappa shape index (κ3) is 8.00. The van der Waals surface area contributed by atoms with Crippen LogP contribution in [0.1, 0.15) is 25.0 Å². The van der Waals surface area contributed by atoms with Crippen molar-refractivity contribution in [3.63, 3.8) is 0 Å². The number of sulfonamides is 1. The van der Waals surface area contributed by atoms with E-state index in [-0.39, 0.29) is 17.6 Å². The molecule has 0 amide bonds. The van der Waals surface area contributed by atoms with Gasteiger partial charge < -0.3 is 15.4 Å². The predicted octanol–water partition coefficient (Wildman–Crippen LogP) is 2.40. The molecular weight excluding hydrogens is 407 g/mol. The van der Waals surface area contributed by atoms with Gasteiger partial charge in [-0.1, -0.05) is 36.4 Å². The number of halogens is 1. The fourth-order valence-electron chi connectivity index (χ4n) is 2.66. The van der Waals surface area contributed by atoms with Gasteiger partial charge in [0.25, 0.3) is 0 Å². The monoisotopic (exact) mass is 436 g/mol. The molecule has 164 valence electrons. The summed E-state index contributed by atoms with van der Waals surface area (Å²) in [6.07, 6.45) is -0.277. The normalized spacial score (nSPS) is 13.0. The fraction of sp³-hybridized carbons (Fsp3) is 0.381. The number of hydrogen-bond donors (Lipinski definition) is 3. The highest BCUT2D eigenvalue weighted by Crippen LogP contribution is 2.16. The van der Waals surface area contributed by atoms with Gasteiger partial charge in [0.15, 0.2) is 17.5 Å². The third-order valence-electron chi connectivity index (χ3n) is 4.14. The minimum Gasteiger partial charge on any atom is -0.486 e. The van der Waals surface area contributed by atoms with Crippen molar-refractivity contribution < 1.29 is 17.5 Å². The van der Waals surface area contributed by atoms with Gasteiger partial charge in [-0.25, -0.2) is 22.5 Å². The standard InChI is InChI=1S/C21H29FN4O3S/c1-4-24-21(25-13-16(2)29-20-11-6-5-10-19(20)22)26-14-17-8-7-9-18(12-17)15-30(27,28)23-3/h5-12,16,23H,4,13-15H2,1-3H3,(H2,24,25,26). The van der Waals surface area contributed by atoms with Crippen LogP contribution in [0.4, 0.5) is 4.39 Å². The molecule has 0 aliphatic rings. The van der Waals surface area contributed by atoms with E-state index in [9.17, 15) is 12.8 Å². The number of ether oxygens (including phenoxy) is 1. The highest BCUT2D eigenvalue weighted by molar-refractivity contribution is 7.88. The molecule has 0 radical (unpaired) electrons. The van der Waals surface area contributed by atoms with Crippen LogP contribution in [0.3, 0.4) is 0 Å². The molecule has 1 atom stereocenters. The second kappa shape index (κ2) is 11.5. The van der Waals surface area contributed by atoms with Crippen LogP contribution in [0.15, 0.2) is 53.5 Å². The lowest BCUT2D eigenvalue weighted by Crippen LogP contribution is -2.41. The van der Waals surface area contributed by atoms with E-state index in [1.165, 1.54) is 13.1 Å². The van der Waals surface area contributed by atoms with Crippen LogP contribution in [-0.2, 0) is 22.3 Å². The molecule has 0 saturated carbocycles. The van der Waals surface area contributed by atoms with Crippen LogP contribution in [0.2, 0.25) is 0 Å². The van der Waals surface area contributed by atoms with E-state index < -0.39 is 15.8 Å². The molecule has 2 aromatic rings. The summed E-state index contributed by atoms with van der Waals surface area (Å²) in [6, 6.07) is 13.6. The molecule has 0 bridgehead atoms. The van der Waals surface area contributed by atoms with Crippen molar-refractivity contribution in [3.8, 4) is 5.75 Å². The largest absolute Gasteiger partial charge is 0.486 e. The number of rotatable bonds is 10. The summed E-state index contributed by atoms with van der Waals surface area (Å²) in [6.45, 7) is 5.29. The summed E-state index contributed by atoms with van der Waals surface area (Å²) in [7, 11) is -1.93. The van der Waals surface area contributed by atoms with Crippen LogP contribution in [0.5, 0.6) is 5.75 Å². The van der Waals surface area contributed by atoms with Gasteiger partial charge in [0.2, 0.25) is 10.0 Å². The van der Waals surface area contributed by atoms with Crippen LogP contribution >= 0.6 is 0 Å². The zero-order chi connectivity index (χ0) is 22.0. The van der Waals surface area contributed by atoms with E-state index >= 15 is 0 Å². The number of nitrogens with one attached hydrogen (secondary N) is 3. The molecule has 9 heteroatoms. The van der Waals surface area contributed by atoms with E-state index in [0.717, 1.165) is 5.56 Å². The Kier molecular flexibility index (Phi) is 9.07. The van der Waals surface area contributed by atoms with E-state index in [1.54, 1.807) is 24.3 Å². The molecule has 0 aliphatic heterocycles. The Balaban J connectivity index is 1.96. The highest BCUT2D eigenvalue weighted by atomic mass is 32.2. The Bertz CT molecular complexity index is 951. The van der Waals surface area contributed by atoms with Crippen molar-refractivity contribution in [2.24, 2.45) is 4.99 Å². The average molecular weight is 437 g/mol. The number of benzene rings is 2. The second-order valence-corrected chi connectivity index (χ2v) is 8.64. The van der Waals surface area contributed by atoms with Crippen LogP contribution < -0.4 is 20.1 Å². The van der Waals surface area contributed by atoms with E-state index in [1.807, 2.05) is 32.0 Å². The first kappa shape index (κ1) is 23.6. The van der Waals surface area contributed by atoms with Gasteiger partial charge in [-0.2, -0.15) is 0 Å². The van der Waals surface area contributed by atoms with Crippen molar-refractivity contribution in [1.82, 2.24) is 15.4 Å². The Morgan fingerprint density at radius 3 is 2.57 bits per heavy atom. The summed E-state index contributed by atoms with van der Waals surface area (Å²) < 4.78 is 45.1. The van der Waals surface area contributed by atoms with E-state index in [2.05, 4.69) is 20.3 Å². The molecule has 2 rings (SSSR count). The number of aliphatic imine (C=N–C) groups is 1. The first-order valence-electron chi connectivity index (χ1n) is 9.75. The molecule has 7 nitrogen and oxygen atoms in total. The van der Waals surface area contributed by atoms with Gasteiger partial charge in [0, 0.05) is 6.54 Å². The topological polar surface area (TPSA) is 91.8 Å². The van der Waals surface area contributed by atoms with Crippen LogP contribution in [0, 0.1) is 5.82 Å². The van der Waals surface area contributed by atoms with Crippen molar-refractivity contribution in [2.75, 3.05) is 20.1 Å². The first-order chi connectivity index (χ1) is 14.3. The summed E-state index contributed by atoms with van der Waals surface area (Å²) in [4.78, 5) is 4.54. The summed E-state index contributed by atoms with van der Waals surface area (Å²) in [5.74, 6) is 0.325. The third-order valence-corrected chi connectivity index (χ3v) is 5.48. The Morgan fingerprint density at radius 1 is 1.13 bits per heavy atom. The average Bonchev–Trinajstić information content (AvgIpc) is 2.72. The zero-order valence-corrected chi connectivity index (χ0v) is 18.3. The Labute approximate surface area is 177 Å². The quantitative estimate of drug-likeness (QED) is 0.393. The highest BCUT2D eigenvalue weighted by Gasteiger charge is 2.10.